The summed E-state index contributed by atoms with van der Waals surface area (Å²) >= 11 is 0. The number of nitrogens with zero attached hydrogens (tertiary/aromatic N) is 2. The van der Waals surface area contributed by atoms with Gasteiger partial charge in [0.1, 0.15) is 11.8 Å². The molecule has 0 aromatic heterocycles. The number of hydrogen-bond acceptors (Lipinski definition) is 8. The van der Waals surface area contributed by atoms with Crippen LogP contribution in [0.15, 0.2) is 53.4 Å². The minimum atomic E-state index is -3.94. The number of carbonyl (C=O) groups is 3. The number of anilines is 1. The molecule has 3 amide bonds. The van der Waals surface area contributed by atoms with Crippen molar-refractivity contribution in [2.45, 2.75) is 23.6 Å². The number of nitrogens with two attached hydrogens (primary N) is 1. The van der Waals surface area contributed by atoms with Crippen LogP contribution in [0.5, 0.6) is 5.75 Å². The van der Waals surface area contributed by atoms with Crippen LogP contribution in [0.25, 0.3) is 0 Å². The largest absolute Gasteiger partial charge is 0.497 e. The lowest BCUT2D eigenvalue weighted by atomic mass is 10.1. The van der Waals surface area contributed by atoms with E-state index >= 15 is 0 Å². The summed E-state index contributed by atoms with van der Waals surface area (Å²) in [6.45, 7) is -0.111. The normalized spacial score (nSPS) is 16.3. The molecule has 11 nitrogen and oxygen atoms in total. The van der Waals surface area contributed by atoms with Crippen molar-refractivity contribution in [1.82, 2.24) is 4.90 Å². The fraction of sp³-hybridized carbons (Fsp3) is 0.318. The molecule has 0 spiro atoms. The van der Waals surface area contributed by atoms with Crippen molar-refractivity contribution in [3.05, 3.63) is 54.1 Å². The third kappa shape index (κ3) is 5.25. The Kier molecular flexibility index (Phi) is 7.67. The van der Waals surface area contributed by atoms with Gasteiger partial charge in [-0.25, -0.2) is 18.5 Å². The molecule has 0 bridgehead atoms. The number of sulfonamides is 1. The number of carbonyl (C=O) groups excluding carboxylic acids is 3. The highest BCUT2D eigenvalue weighted by atomic mass is 32.2. The third-order valence-corrected chi connectivity index (χ3v) is 6.32. The second-order valence-corrected chi connectivity index (χ2v) is 8.97. The highest BCUT2D eigenvalue weighted by Gasteiger charge is 2.45. The lowest BCUT2D eigenvalue weighted by Gasteiger charge is -2.30. The van der Waals surface area contributed by atoms with Gasteiger partial charge in [-0.1, -0.05) is 0 Å². The fourth-order valence-corrected chi connectivity index (χ4v) is 4.09. The third-order valence-electron chi connectivity index (χ3n) is 5.39. The molecule has 0 aliphatic carbocycles. The monoisotopic (exact) mass is 491 g/mol. The Bertz CT molecular complexity index is 1160. The molecule has 2 aromatic rings. The second-order valence-electron chi connectivity index (χ2n) is 7.41. The Morgan fingerprint density at radius 2 is 1.65 bits per heavy atom. The summed E-state index contributed by atoms with van der Waals surface area (Å²) in [4.78, 5) is 41.4. The van der Waals surface area contributed by atoms with E-state index < -0.39 is 40.1 Å². The van der Waals surface area contributed by atoms with Gasteiger partial charge in [0.2, 0.25) is 15.9 Å². The highest BCUT2D eigenvalue weighted by molar-refractivity contribution is 7.89. The summed E-state index contributed by atoms with van der Waals surface area (Å²) in [7, 11) is 0.347. The average molecular weight is 492 g/mol. The lowest BCUT2D eigenvalue weighted by Crippen LogP contribution is -2.49. The molecule has 1 unspecified atom stereocenters. The first kappa shape index (κ1) is 25.3. The molecule has 1 atom stereocenters. The van der Waals surface area contributed by atoms with Crippen LogP contribution in [-0.2, 0) is 29.1 Å². The molecular formula is C22H25N3O8S. The smallest absolute Gasteiger partial charge is 0.257 e. The van der Waals surface area contributed by atoms with Crippen molar-refractivity contribution in [3.63, 3.8) is 0 Å². The van der Waals surface area contributed by atoms with Crippen LogP contribution in [0.4, 0.5) is 5.69 Å². The van der Waals surface area contributed by atoms with Crippen LogP contribution in [0, 0.1) is 0 Å². The van der Waals surface area contributed by atoms with E-state index in [0.29, 0.717) is 5.75 Å². The molecule has 34 heavy (non-hydrogen) atoms. The number of hydrogen-bond donors (Lipinski definition) is 1. The molecule has 1 aliphatic rings. The summed E-state index contributed by atoms with van der Waals surface area (Å²) < 4.78 is 38.5. The van der Waals surface area contributed by atoms with E-state index in [1.807, 2.05) is 0 Å². The first-order chi connectivity index (χ1) is 16.1. The summed E-state index contributed by atoms with van der Waals surface area (Å²) in [5, 5.41) is 5.11. The van der Waals surface area contributed by atoms with Crippen LogP contribution in [-0.4, -0.2) is 71.2 Å². The summed E-state index contributed by atoms with van der Waals surface area (Å²) in [5.41, 5.74) is 0.444. The minimum Gasteiger partial charge on any atom is -0.497 e. The average Bonchev–Trinajstić information content (AvgIpc) is 3.12. The van der Waals surface area contributed by atoms with Gasteiger partial charge in [0.25, 0.3) is 11.8 Å². The van der Waals surface area contributed by atoms with E-state index in [1.54, 1.807) is 24.3 Å². The number of benzene rings is 2. The van der Waals surface area contributed by atoms with E-state index in [2.05, 4.69) is 0 Å². The maximum Gasteiger partial charge on any atom is 0.257 e. The molecule has 182 valence electrons. The SMILES string of the molecule is COc1ccc(C(=O)N(CC(OC)OC)C2CC(=O)N(c3ccc(S(N)(=O)=O)cc3)C2=O)cc1. The molecule has 2 aromatic carbocycles. The molecule has 0 radical (unpaired) electrons. The minimum absolute atomic E-state index is 0.111. The molecule has 1 fully saturated rings. The molecule has 12 heteroatoms. The molecular weight excluding hydrogens is 466 g/mol. The van der Waals surface area contributed by atoms with Crippen molar-refractivity contribution in [3.8, 4) is 5.75 Å². The summed E-state index contributed by atoms with van der Waals surface area (Å²) in [6.07, 6.45) is -1.11. The zero-order chi connectivity index (χ0) is 25.0. The van der Waals surface area contributed by atoms with Gasteiger partial charge in [-0.05, 0) is 48.5 Å². The highest BCUT2D eigenvalue weighted by Crippen LogP contribution is 2.28. The van der Waals surface area contributed by atoms with Gasteiger partial charge in [-0.2, -0.15) is 0 Å². The zero-order valence-corrected chi connectivity index (χ0v) is 19.7. The van der Waals surface area contributed by atoms with E-state index in [9.17, 15) is 22.8 Å². The predicted octanol–water partition coefficient (Wildman–Crippen LogP) is 0.736. The molecule has 1 saturated heterocycles. The van der Waals surface area contributed by atoms with Crippen molar-refractivity contribution < 1.29 is 37.0 Å². The zero-order valence-electron chi connectivity index (χ0n) is 18.8. The molecule has 3 rings (SSSR count). The maximum atomic E-state index is 13.4. The number of rotatable bonds is 9. The van der Waals surface area contributed by atoms with Crippen LogP contribution >= 0.6 is 0 Å². The van der Waals surface area contributed by atoms with Crippen molar-refractivity contribution in [2.24, 2.45) is 5.14 Å². The van der Waals surface area contributed by atoms with Crippen molar-refractivity contribution >= 4 is 33.4 Å². The standard InChI is InChI=1S/C22H25N3O8S/c1-31-16-8-4-14(5-9-16)21(27)24(13-20(32-2)33-3)18-12-19(26)25(22(18)28)15-6-10-17(11-7-15)34(23,29)30/h4-11,18,20H,12-13H2,1-3H3,(H2,23,29,30). The second kappa shape index (κ2) is 10.3. The van der Waals surface area contributed by atoms with E-state index in [-0.39, 0.29) is 29.1 Å². The van der Waals surface area contributed by atoms with Gasteiger partial charge >= 0.3 is 0 Å². The first-order valence-corrected chi connectivity index (χ1v) is 11.7. The van der Waals surface area contributed by atoms with E-state index in [0.717, 1.165) is 4.90 Å². The number of imide groups is 1. The van der Waals surface area contributed by atoms with Crippen LogP contribution in [0.3, 0.4) is 0 Å². The number of amides is 3. The number of methoxy groups -OCH3 is 3. The lowest BCUT2D eigenvalue weighted by molar-refractivity contribution is -0.128. The number of ether oxygens (including phenoxy) is 3. The summed E-state index contributed by atoms with van der Waals surface area (Å²) in [6, 6.07) is 10.2. The molecule has 0 saturated carbocycles. The number of primary sulfonamides is 1. The van der Waals surface area contributed by atoms with Gasteiger partial charge in [0.15, 0.2) is 6.29 Å². The Morgan fingerprint density at radius 3 is 2.15 bits per heavy atom. The van der Waals surface area contributed by atoms with Gasteiger partial charge < -0.3 is 19.1 Å². The quantitative estimate of drug-likeness (QED) is 0.399. The van der Waals surface area contributed by atoms with Gasteiger partial charge in [-0.15, -0.1) is 0 Å². The Hall–Kier alpha value is -3.32. The van der Waals surface area contributed by atoms with Gasteiger partial charge in [0, 0.05) is 19.8 Å². The molecule has 1 heterocycles. The van der Waals surface area contributed by atoms with E-state index in [1.165, 1.54) is 50.5 Å². The van der Waals surface area contributed by atoms with Crippen LogP contribution in [0.2, 0.25) is 0 Å². The van der Waals surface area contributed by atoms with Crippen molar-refractivity contribution in [2.75, 3.05) is 32.8 Å². The van der Waals surface area contributed by atoms with E-state index in [4.69, 9.17) is 19.3 Å². The van der Waals surface area contributed by atoms with Gasteiger partial charge in [-0.3, -0.25) is 14.4 Å². The Morgan fingerprint density at radius 1 is 1.06 bits per heavy atom. The molecule has 1 aliphatic heterocycles. The Labute approximate surface area is 197 Å². The Balaban J connectivity index is 1.93. The predicted molar refractivity (Wildman–Crippen MR) is 121 cm³/mol. The van der Waals surface area contributed by atoms with Crippen LogP contribution < -0.4 is 14.8 Å². The van der Waals surface area contributed by atoms with Crippen molar-refractivity contribution in [1.29, 1.82) is 0 Å². The van der Waals surface area contributed by atoms with Crippen LogP contribution in [0.1, 0.15) is 16.8 Å². The van der Waals surface area contributed by atoms with Gasteiger partial charge in [0.05, 0.1) is 30.7 Å². The topological polar surface area (TPSA) is 146 Å². The summed E-state index contributed by atoms with van der Waals surface area (Å²) in [5.74, 6) is -1.13. The maximum absolute atomic E-state index is 13.4. The first-order valence-electron chi connectivity index (χ1n) is 10.1. The molecule has 2 N–H and O–H groups in total. The fourth-order valence-electron chi connectivity index (χ4n) is 3.57.